The Morgan fingerprint density at radius 1 is 1.30 bits per heavy atom. The van der Waals surface area contributed by atoms with E-state index in [4.69, 9.17) is 0 Å². The maximum absolute atomic E-state index is 12.2. The van der Waals surface area contributed by atoms with Gasteiger partial charge in [0.05, 0.1) is 0 Å². The van der Waals surface area contributed by atoms with Crippen molar-refractivity contribution in [1.82, 2.24) is 5.32 Å². The first kappa shape index (κ1) is 15.6. The maximum Gasteiger partial charge on any atom is 0.242 e. The molecule has 0 spiro atoms. The van der Waals surface area contributed by atoms with Crippen molar-refractivity contribution in [3.8, 4) is 0 Å². The van der Waals surface area contributed by atoms with E-state index in [1.165, 1.54) is 16.4 Å². The molecule has 2 N–H and O–H groups in total. The molecule has 1 aromatic carbocycles. The molecule has 20 heavy (non-hydrogen) atoms. The lowest BCUT2D eigenvalue weighted by atomic mass is 9.87. The largest absolute Gasteiger partial charge is 0.374 e. The Balaban J connectivity index is 1.83. The zero-order chi connectivity index (χ0) is 14.5. The van der Waals surface area contributed by atoms with Crippen LogP contribution in [0, 0.1) is 9.49 Å². The predicted molar refractivity (Wildman–Crippen MR) is 91.8 cm³/mol. The van der Waals surface area contributed by atoms with Crippen LogP contribution in [-0.2, 0) is 4.79 Å². The molecule has 3 nitrogen and oxygen atoms in total. The molecule has 0 heterocycles. The van der Waals surface area contributed by atoms with Crippen LogP contribution >= 0.6 is 22.6 Å². The molecule has 2 rings (SSSR count). The predicted octanol–water partition coefficient (Wildman–Crippen LogP) is 3.79. The summed E-state index contributed by atoms with van der Waals surface area (Å²) in [5.41, 5.74) is 0.997. The summed E-state index contributed by atoms with van der Waals surface area (Å²) < 4.78 is 1.17. The maximum atomic E-state index is 12.2. The lowest BCUT2D eigenvalue weighted by molar-refractivity contribution is -0.122. The Morgan fingerprint density at radius 3 is 2.65 bits per heavy atom. The van der Waals surface area contributed by atoms with Gasteiger partial charge in [0.15, 0.2) is 0 Å². The Morgan fingerprint density at radius 2 is 2.00 bits per heavy atom. The number of benzene rings is 1. The average Bonchev–Trinajstić information content (AvgIpc) is 2.41. The van der Waals surface area contributed by atoms with Gasteiger partial charge in [-0.2, -0.15) is 0 Å². The number of amides is 1. The second-order valence-corrected chi connectivity index (χ2v) is 7.09. The molecule has 0 aromatic heterocycles. The summed E-state index contributed by atoms with van der Waals surface area (Å²) in [7, 11) is 0. The van der Waals surface area contributed by atoms with Crippen LogP contribution in [0.2, 0.25) is 0 Å². The van der Waals surface area contributed by atoms with Crippen molar-refractivity contribution < 1.29 is 4.79 Å². The molecule has 1 aliphatic rings. The van der Waals surface area contributed by atoms with E-state index in [2.05, 4.69) is 40.1 Å². The van der Waals surface area contributed by atoms with Crippen molar-refractivity contribution in [3.63, 3.8) is 0 Å². The normalized spacial score (nSPS) is 23.9. The smallest absolute Gasteiger partial charge is 0.242 e. The fraction of sp³-hybridized carbons (Fsp3) is 0.562. The Hall–Kier alpha value is -0.780. The summed E-state index contributed by atoms with van der Waals surface area (Å²) in [5, 5.41) is 6.43. The van der Waals surface area contributed by atoms with Gasteiger partial charge in [0.25, 0.3) is 0 Å². The molecule has 0 bridgehead atoms. The van der Waals surface area contributed by atoms with Gasteiger partial charge in [-0.3, -0.25) is 4.79 Å². The fourth-order valence-corrected chi connectivity index (χ4v) is 3.17. The molecule has 1 fully saturated rings. The lowest BCUT2D eigenvalue weighted by Gasteiger charge is -2.28. The van der Waals surface area contributed by atoms with Crippen LogP contribution in [0.15, 0.2) is 24.3 Å². The molecular formula is C16H23IN2O. The van der Waals surface area contributed by atoms with Crippen LogP contribution in [0.25, 0.3) is 0 Å². The van der Waals surface area contributed by atoms with E-state index in [1.807, 2.05) is 31.2 Å². The van der Waals surface area contributed by atoms with E-state index >= 15 is 0 Å². The van der Waals surface area contributed by atoms with Crippen LogP contribution < -0.4 is 10.6 Å². The van der Waals surface area contributed by atoms with E-state index < -0.39 is 0 Å². The van der Waals surface area contributed by atoms with E-state index in [0.29, 0.717) is 6.04 Å². The van der Waals surface area contributed by atoms with Crippen LogP contribution in [0.3, 0.4) is 0 Å². The number of carbonyl (C=O) groups excluding carboxylic acids is 1. The summed E-state index contributed by atoms with van der Waals surface area (Å²) >= 11 is 2.28. The molecular weight excluding hydrogens is 363 g/mol. The second kappa shape index (κ2) is 7.29. The second-order valence-electron chi connectivity index (χ2n) is 5.84. The highest BCUT2D eigenvalue weighted by molar-refractivity contribution is 14.1. The lowest BCUT2D eigenvalue weighted by Crippen LogP contribution is -2.44. The fourth-order valence-electron chi connectivity index (χ4n) is 2.62. The number of carbonyl (C=O) groups is 1. The van der Waals surface area contributed by atoms with Crippen LogP contribution in [-0.4, -0.2) is 18.0 Å². The van der Waals surface area contributed by atoms with Gasteiger partial charge in [0.2, 0.25) is 5.91 Å². The van der Waals surface area contributed by atoms with Crippen LogP contribution in [0.5, 0.6) is 0 Å². The number of anilines is 1. The number of hydrogen-bond donors (Lipinski definition) is 2. The topological polar surface area (TPSA) is 41.1 Å². The molecule has 1 aliphatic carbocycles. The van der Waals surface area contributed by atoms with Gasteiger partial charge >= 0.3 is 0 Å². The van der Waals surface area contributed by atoms with Gasteiger partial charge < -0.3 is 10.6 Å². The van der Waals surface area contributed by atoms with E-state index in [1.54, 1.807) is 0 Å². The molecule has 0 radical (unpaired) electrons. The van der Waals surface area contributed by atoms with Gasteiger partial charge in [-0.05, 0) is 79.3 Å². The highest BCUT2D eigenvalue weighted by Crippen LogP contribution is 2.23. The summed E-state index contributed by atoms with van der Waals surface area (Å²) in [6.07, 6.45) is 4.68. The van der Waals surface area contributed by atoms with Gasteiger partial charge in [-0.15, -0.1) is 0 Å². The first-order valence-electron chi connectivity index (χ1n) is 7.37. The Bertz CT molecular complexity index is 456. The molecule has 0 saturated heterocycles. The highest BCUT2D eigenvalue weighted by Gasteiger charge is 2.22. The zero-order valence-corrected chi connectivity index (χ0v) is 14.3. The number of rotatable bonds is 4. The Labute approximate surface area is 135 Å². The first-order valence-corrected chi connectivity index (χ1v) is 8.45. The molecule has 0 aliphatic heterocycles. The Kier molecular flexibility index (Phi) is 5.69. The molecule has 1 aromatic rings. The summed E-state index contributed by atoms with van der Waals surface area (Å²) in [6, 6.07) is 8.24. The molecule has 110 valence electrons. The third-order valence-electron chi connectivity index (χ3n) is 3.96. The van der Waals surface area contributed by atoms with Gasteiger partial charge in [-0.25, -0.2) is 0 Å². The van der Waals surface area contributed by atoms with Crippen molar-refractivity contribution in [2.45, 2.75) is 51.6 Å². The van der Waals surface area contributed by atoms with Gasteiger partial charge in [0, 0.05) is 15.3 Å². The number of nitrogens with one attached hydrogen (secondary N) is 2. The van der Waals surface area contributed by atoms with Crippen molar-refractivity contribution in [2.75, 3.05) is 5.32 Å². The standard InChI is InChI=1S/C16H23IN2O/c1-11-6-8-14(9-7-11)19-16(20)12(2)18-15-5-3-4-13(17)10-15/h3-5,10-12,14,18H,6-9H2,1-2H3,(H,19,20). The quantitative estimate of drug-likeness (QED) is 0.774. The van der Waals surface area contributed by atoms with Gasteiger partial charge in [-0.1, -0.05) is 13.0 Å². The monoisotopic (exact) mass is 386 g/mol. The minimum Gasteiger partial charge on any atom is -0.374 e. The summed E-state index contributed by atoms with van der Waals surface area (Å²) in [6.45, 7) is 4.21. The average molecular weight is 386 g/mol. The van der Waals surface area contributed by atoms with Crippen molar-refractivity contribution in [1.29, 1.82) is 0 Å². The number of hydrogen-bond acceptors (Lipinski definition) is 2. The SMILES string of the molecule is CC1CCC(NC(=O)C(C)Nc2cccc(I)c2)CC1. The summed E-state index contributed by atoms with van der Waals surface area (Å²) in [5.74, 6) is 0.911. The summed E-state index contributed by atoms with van der Waals surface area (Å²) in [4.78, 5) is 12.2. The van der Waals surface area contributed by atoms with E-state index in [0.717, 1.165) is 24.4 Å². The first-order chi connectivity index (χ1) is 9.54. The van der Waals surface area contributed by atoms with E-state index in [-0.39, 0.29) is 11.9 Å². The zero-order valence-electron chi connectivity index (χ0n) is 12.2. The van der Waals surface area contributed by atoms with Crippen molar-refractivity contribution in [2.24, 2.45) is 5.92 Å². The third kappa shape index (κ3) is 4.65. The number of halogens is 1. The molecule has 1 amide bonds. The van der Waals surface area contributed by atoms with Crippen molar-refractivity contribution >= 4 is 34.2 Å². The third-order valence-corrected chi connectivity index (χ3v) is 4.63. The van der Waals surface area contributed by atoms with Gasteiger partial charge in [0.1, 0.15) is 6.04 Å². The van der Waals surface area contributed by atoms with Crippen molar-refractivity contribution in [3.05, 3.63) is 27.8 Å². The molecule has 1 atom stereocenters. The van der Waals surface area contributed by atoms with Crippen LogP contribution in [0.1, 0.15) is 39.5 Å². The molecule has 1 unspecified atom stereocenters. The van der Waals surface area contributed by atoms with Crippen LogP contribution in [0.4, 0.5) is 5.69 Å². The van der Waals surface area contributed by atoms with E-state index in [9.17, 15) is 4.79 Å². The molecule has 4 heteroatoms. The minimum atomic E-state index is -0.201. The highest BCUT2D eigenvalue weighted by atomic mass is 127. The molecule has 1 saturated carbocycles. The minimum absolute atomic E-state index is 0.100.